The van der Waals surface area contributed by atoms with Crippen LogP contribution in [0.2, 0.25) is 0 Å². The van der Waals surface area contributed by atoms with Crippen LogP contribution in [0.4, 0.5) is 14.5 Å². The number of rotatable bonds is 3. The van der Waals surface area contributed by atoms with Gasteiger partial charge >= 0.3 is 0 Å². The van der Waals surface area contributed by atoms with Crippen LogP contribution >= 0.6 is 0 Å². The Morgan fingerprint density at radius 2 is 1.74 bits per heavy atom. The summed E-state index contributed by atoms with van der Waals surface area (Å²) in [5.74, 6) is 0. The lowest BCUT2D eigenvalue weighted by Gasteiger charge is -2.13. The van der Waals surface area contributed by atoms with Gasteiger partial charge in [0, 0.05) is 16.5 Å². The summed E-state index contributed by atoms with van der Waals surface area (Å²) in [6, 6.07) is 12.2. The molecule has 3 aromatic rings. The Balaban J connectivity index is 2.06. The molecule has 0 spiro atoms. The Labute approximate surface area is 109 Å². The van der Waals surface area contributed by atoms with Gasteiger partial charge in [0.25, 0.3) is 6.43 Å². The van der Waals surface area contributed by atoms with Crippen molar-refractivity contribution in [3.8, 4) is 0 Å². The lowest BCUT2D eigenvalue weighted by molar-refractivity contribution is 0.131. The van der Waals surface area contributed by atoms with Crippen molar-refractivity contribution in [3.63, 3.8) is 0 Å². The van der Waals surface area contributed by atoms with Crippen molar-refractivity contribution in [2.45, 2.75) is 19.4 Å². The van der Waals surface area contributed by atoms with Crippen LogP contribution in [-0.2, 0) is 0 Å². The summed E-state index contributed by atoms with van der Waals surface area (Å²) in [5.41, 5.74) is 2.24. The van der Waals surface area contributed by atoms with E-state index >= 15 is 0 Å². The predicted octanol–water partition coefficient (Wildman–Crippen LogP) is 4.65. The zero-order valence-electron chi connectivity index (χ0n) is 10.4. The van der Waals surface area contributed by atoms with Gasteiger partial charge in [-0.25, -0.2) is 8.78 Å². The number of anilines is 1. The highest BCUT2D eigenvalue weighted by atomic mass is 19.3. The summed E-state index contributed by atoms with van der Waals surface area (Å²) in [4.78, 5) is 0. The first-order valence-corrected chi connectivity index (χ1v) is 6.11. The second kappa shape index (κ2) is 4.53. The van der Waals surface area contributed by atoms with Gasteiger partial charge in [-0.2, -0.15) is 0 Å². The summed E-state index contributed by atoms with van der Waals surface area (Å²) < 4.78 is 30.8. The Kier molecular flexibility index (Phi) is 2.85. The molecule has 0 saturated carbocycles. The summed E-state index contributed by atoms with van der Waals surface area (Å²) >= 11 is 0. The molecule has 0 aliphatic heterocycles. The molecule has 1 aromatic heterocycles. The van der Waals surface area contributed by atoms with Crippen LogP contribution in [-0.4, -0.2) is 12.5 Å². The quantitative estimate of drug-likeness (QED) is 0.742. The Bertz CT molecular complexity index is 720. The highest BCUT2D eigenvalue weighted by Crippen LogP contribution is 2.30. The van der Waals surface area contributed by atoms with E-state index in [-0.39, 0.29) is 0 Å². The van der Waals surface area contributed by atoms with E-state index in [1.807, 2.05) is 30.3 Å². The number of fused-ring (bicyclic) bond motifs is 3. The van der Waals surface area contributed by atoms with E-state index in [0.717, 1.165) is 21.9 Å². The standard InChI is InChI=1S/C15H13F2NO/c1-9(15(16)17)18-10-6-7-14-12(8-10)11-4-2-3-5-13(11)19-14/h2-9,15,18H,1H3. The minimum absolute atomic E-state index is 0.673. The second-order valence-corrected chi connectivity index (χ2v) is 4.58. The average molecular weight is 261 g/mol. The molecule has 0 aliphatic rings. The number of hydrogen-bond donors (Lipinski definition) is 1. The molecule has 0 aliphatic carbocycles. The van der Waals surface area contributed by atoms with Gasteiger partial charge in [-0.3, -0.25) is 0 Å². The van der Waals surface area contributed by atoms with Crippen molar-refractivity contribution in [2.24, 2.45) is 0 Å². The molecule has 1 unspecified atom stereocenters. The van der Waals surface area contributed by atoms with Crippen molar-refractivity contribution in [2.75, 3.05) is 5.32 Å². The number of alkyl halides is 2. The van der Waals surface area contributed by atoms with Crippen molar-refractivity contribution in [3.05, 3.63) is 42.5 Å². The monoisotopic (exact) mass is 261 g/mol. The molecular weight excluding hydrogens is 248 g/mol. The van der Waals surface area contributed by atoms with E-state index < -0.39 is 12.5 Å². The number of benzene rings is 2. The number of furan rings is 1. The van der Waals surface area contributed by atoms with Gasteiger partial charge in [-0.15, -0.1) is 0 Å². The third kappa shape index (κ3) is 2.14. The van der Waals surface area contributed by atoms with Crippen LogP contribution in [0.5, 0.6) is 0 Å². The Hall–Kier alpha value is -2.10. The molecule has 0 amide bonds. The molecular formula is C15H13F2NO. The van der Waals surface area contributed by atoms with E-state index in [1.165, 1.54) is 6.92 Å². The van der Waals surface area contributed by atoms with E-state index in [2.05, 4.69) is 5.32 Å². The van der Waals surface area contributed by atoms with Gasteiger partial charge in [0.05, 0.1) is 6.04 Å². The summed E-state index contributed by atoms with van der Waals surface area (Å²) in [6.45, 7) is 1.46. The second-order valence-electron chi connectivity index (χ2n) is 4.58. The molecule has 1 N–H and O–H groups in total. The van der Waals surface area contributed by atoms with Gasteiger partial charge < -0.3 is 9.73 Å². The van der Waals surface area contributed by atoms with Crippen LogP contribution in [0.15, 0.2) is 46.9 Å². The summed E-state index contributed by atoms with van der Waals surface area (Å²) in [5, 5.41) is 4.72. The van der Waals surface area contributed by atoms with Crippen molar-refractivity contribution >= 4 is 27.6 Å². The molecule has 2 nitrogen and oxygen atoms in total. The molecule has 0 fully saturated rings. The van der Waals surface area contributed by atoms with E-state index in [1.54, 1.807) is 12.1 Å². The number of para-hydroxylation sites is 1. The molecule has 98 valence electrons. The highest BCUT2D eigenvalue weighted by molar-refractivity contribution is 6.05. The van der Waals surface area contributed by atoms with Crippen LogP contribution in [0.1, 0.15) is 6.92 Å². The van der Waals surface area contributed by atoms with Crippen molar-refractivity contribution < 1.29 is 13.2 Å². The highest BCUT2D eigenvalue weighted by Gasteiger charge is 2.14. The number of halogens is 2. The van der Waals surface area contributed by atoms with Crippen LogP contribution < -0.4 is 5.32 Å². The fourth-order valence-corrected chi connectivity index (χ4v) is 2.14. The normalized spacial score (nSPS) is 13.3. The zero-order valence-corrected chi connectivity index (χ0v) is 10.4. The van der Waals surface area contributed by atoms with Crippen LogP contribution in [0.3, 0.4) is 0 Å². The predicted molar refractivity (Wildman–Crippen MR) is 72.8 cm³/mol. The van der Waals surface area contributed by atoms with E-state index in [4.69, 9.17) is 4.42 Å². The first kappa shape index (κ1) is 12.0. The molecule has 0 radical (unpaired) electrons. The van der Waals surface area contributed by atoms with Gasteiger partial charge in [-0.1, -0.05) is 18.2 Å². The van der Waals surface area contributed by atoms with Crippen LogP contribution in [0, 0.1) is 0 Å². The number of hydrogen-bond acceptors (Lipinski definition) is 2. The van der Waals surface area contributed by atoms with Gasteiger partial charge in [0.2, 0.25) is 0 Å². The zero-order chi connectivity index (χ0) is 13.4. The van der Waals surface area contributed by atoms with Gasteiger partial charge in [0.1, 0.15) is 11.2 Å². The molecule has 1 atom stereocenters. The average Bonchev–Trinajstić information content (AvgIpc) is 2.76. The SMILES string of the molecule is CC(Nc1ccc2oc3ccccc3c2c1)C(F)F. The molecule has 0 bridgehead atoms. The van der Waals surface area contributed by atoms with Gasteiger partial charge in [0.15, 0.2) is 0 Å². The smallest absolute Gasteiger partial charge is 0.258 e. The minimum Gasteiger partial charge on any atom is -0.456 e. The maximum absolute atomic E-state index is 12.5. The molecule has 4 heteroatoms. The first-order chi connectivity index (χ1) is 9.15. The first-order valence-electron chi connectivity index (χ1n) is 6.11. The Morgan fingerprint density at radius 3 is 2.53 bits per heavy atom. The van der Waals surface area contributed by atoms with Crippen molar-refractivity contribution in [1.29, 1.82) is 0 Å². The minimum atomic E-state index is -2.39. The third-order valence-electron chi connectivity index (χ3n) is 3.15. The summed E-state index contributed by atoms with van der Waals surface area (Å²) in [6.07, 6.45) is -2.39. The van der Waals surface area contributed by atoms with Gasteiger partial charge in [-0.05, 0) is 31.2 Å². The van der Waals surface area contributed by atoms with E-state index in [9.17, 15) is 8.78 Å². The topological polar surface area (TPSA) is 25.2 Å². The maximum atomic E-state index is 12.5. The molecule has 0 saturated heterocycles. The lowest BCUT2D eigenvalue weighted by atomic mass is 10.1. The molecule has 2 aromatic carbocycles. The number of nitrogens with one attached hydrogen (secondary N) is 1. The fraction of sp³-hybridized carbons (Fsp3) is 0.200. The third-order valence-corrected chi connectivity index (χ3v) is 3.15. The maximum Gasteiger partial charge on any atom is 0.258 e. The molecule has 19 heavy (non-hydrogen) atoms. The van der Waals surface area contributed by atoms with Crippen LogP contribution in [0.25, 0.3) is 21.9 Å². The van der Waals surface area contributed by atoms with E-state index in [0.29, 0.717) is 5.69 Å². The Morgan fingerprint density at radius 1 is 1.00 bits per heavy atom. The fourth-order valence-electron chi connectivity index (χ4n) is 2.14. The van der Waals surface area contributed by atoms with Crippen molar-refractivity contribution in [1.82, 2.24) is 0 Å². The molecule has 1 heterocycles. The molecule has 3 rings (SSSR count). The lowest BCUT2D eigenvalue weighted by Crippen LogP contribution is -2.23. The largest absolute Gasteiger partial charge is 0.456 e. The summed E-state index contributed by atoms with van der Waals surface area (Å²) in [7, 11) is 0.